The van der Waals surface area contributed by atoms with Crippen molar-refractivity contribution in [1.82, 2.24) is 5.32 Å². The van der Waals surface area contributed by atoms with E-state index >= 15 is 0 Å². The maximum Gasteiger partial charge on any atom is 0.0325 e. The minimum Gasteiger partial charge on any atom is -0.307 e. The van der Waals surface area contributed by atoms with Crippen LogP contribution in [0.5, 0.6) is 0 Å². The zero-order valence-corrected chi connectivity index (χ0v) is 12.5. The fourth-order valence-corrected chi connectivity index (χ4v) is 2.74. The van der Waals surface area contributed by atoms with Gasteiger partial charge in [-0.05, 0) is 43.2 Å². The molecule has 0 amide bonds. The summed E-state index contributed by atoms with van der Waals surface area (Å²) in [6, 6.07) is 10.2. The normalized spacial score (nSPS) is 17.9. The van der Waals surface area contributed by atoms with Gasteiger partial charge in [0.15, 0.2) is 0 Å². The molecular formula is C17H29N. The van der Waals surface area contributed by atoms with Crippen LogP contribution >= 0.6 is 0 Å². The van der Waals surface area contributed by atoms with Crippen molar-refractivity contribution in [3.05, 3.63) is 35.4 Å². The molecule has 0 saturated carbocycles. The minimum absolute atomic E-state index is 0.592. The van der Waals surface area contributed by atoms with Gasteiger partial charge in [0.2, 0.25) is 0 Å². The lowest BCUT2D eigenvalue weighted by Gasteiger charge is -2.30. The van der Waals surface area contributed by atoms with Gasteiger partial charge in [-0.2, -0.15) is 0 Å². The summed E-state index contributed by atoms with van der Waals surface area (Å²) in [5.41, 5.74) is 3.10. The van der Waals surface area contributed by atoms with Crippen LogP contribution in [0.4, 0.5) is 0 Å². The van der Waals surface area contributed by atoms with E-state index in [0.717, 1.165) is 0 Å². The summed E-state index contributed by atoms with van der Waals surface area (Å²) in [6.45, 7) is 8.55. The molecule has 0 saturated heterocycles. The Morgan fingerprint density at radius 2 is 1.83 bits per heavy atom. The second kappa shape index (κ2) is 8.31. The Kier molecular flexibility index (Phi) is 7.04. The SMILES string of the molecule is CC.CCC(CC)NC1CCCc2ccccc21. The number of nitrogens with one attached hydrogen (secondary N) is 1. The summed E-state index contributed by atoms with van der Waals surface area (Å²) in [6.07, 6.45) is 6.35. The first-order chi connectivity index (χ1) is 8.85. The second-order valence-electron chi connectivity index (χ2n) is 4.82. The predicted octanol–water partition coefficient (Wildman–Crippen LogP) is 4.87. The summed E-state index contributed by atoms with van der Waals surface area (Å²) < 4.78 is 0. The quantitative estimate of drug-likeness (QED) is 0.800. The van der Waals surface area contributed by atoms with Crippen molar-refractivity contribution in [2.45, 2.75) is 71.9 Å². The van der Waals surface area contributed by atoms with E-state index in [4.69, 9.17) is 0 Å². The number of benzene rings is 1. The van der Waals surface area contributed by atoms with Crippen LogP contribution in [0.1, 0.15) is 70.5 Å². The van der Waals surface area contributed by atoms with E-state index in [9.17, 15) is 0 Å². The lowest BCUT2D eigenvalue weighted by Crippen LogP contribution is -2.33. The minimum atomic E-state index is 0.592. The number of fused-ring (bicyclic) bond motifs is 1. The first-order valence-corrected chi connectivity index (χ1v) is 7.69. The summed E-state index contributed by atoms with van der Waals surface area (Å²) in [5, 5.41) is 3.81. The Balaban J connectivity index is 0.000000771. The van der Waals surface area contributed by atoms with Gasteiger partial charge in [0.05, 0.1) is 0 Å². The maximum atomic E-state index is 3.81. The molecular weight excluding hydrogens is 218 g/mol. The Morgan fingerprint density at radius 3 is 2.50 bits per heavy atom. The molecule has 0 bridgehead atoms. The standard InChI is InChI=1S/C15H23N.C2H6/c1-3-13(4-2)16-15-11-7-9-12-8-5-6-10-14(12)15;1-2/h5-6,8,10,13,15-16H,3-4,7,9,11H2,1-2H3;1-2H3. The molecule has 0 aliphatic heterocycles. The first-order valence-electron chi connectivity index (χ1n) is 7.69. The Bertz CT molecular complexity index is 328. The van der Waals surface area contributed by atoms with E-state index in [1.54, 1.807) is 11.1 Å². The third-order valence-electron chi connectivity index (χ3n) is 3.79. The molecule has 0 aromatic heterocycles. The topological polar surface area (TPSA) is 12.0 Å². The molecule has 1 aliphatic rings. The van der Waals surface area contributed by atoms with Crippen molar-refractivity contribution >= 4 is 0 Å². The van der Waals surface area contributed by atoms with Crippen LogP contribution in [0.2, 0.25) is 0 Å². The summed E-state index contributed by atoms with van der Waals surface area (Å²) >= 11 is 0. The van der Waals surface area contributed by atoms with Crippen molar-refractivity contribution in [2.75, 3.05) is 0 Å². The number of rotatable bonds is 4. The molecule has 0 radical (unpaired) electrons. The van der Waals surface area contributed by atoms with Crippen LogP contribution < -0.4 is 5.32 Å². The fourth-order valence-electron chi connectivity index (χ4n) is 2.74. The highest BCUT2D eigenvalue weighted by molar-refractivity contribution is 5.32. The summed E-state index contributed by atoms with van der Waals surface area (Å²) in [7, 11) is 0. The number of aryl methyl sites for hydroxylation is 1. The Morgan fingerprint density at radius 1 is 1.17 bits per heavy atom. The van der Waals surface area contributed by atoms with E-state index in [1.165, 1.54) is 32.1 Å². The van der Waals surface area contributed by atoms with E-state index in [-0.39, 0.29) is 0 Å². The zero-order chi connectivity index (χ0) is 13.4. The second-order valence-corrected chi connectivity index (χ2v) is 4.82. The van der Waals surface area contributed by atoms with Crippen molar-refractivity contribution in [2.24, 2.45) is 0 Å². The molecule has 1 aromatic carbocycles. The highest BCUT2D eigenvalue weighted by atomic mass is 14.9. The maximum absolute atomic E-state index is 3.81. The largest absolute Gasteiger partial charge is 0.307 e. The van der Waals surface area contributed by atoms with Gasteiger partial charge >= 0.3 is 0 Å². The van der Waals surface area contributed by atoms with Crippen molar-refractivity contribution in [1.29, 1.82) is 0 Å². The number of hydrogen-bond donors (Lipinski definition) is 1. The molecule has 1 heteroatoms. The third kappa shape index (κ3) is 3.84. The molecule has 1 aliphatic carbocycles. The lowest BCUT2D eigenvalue weighted by molar-refractivity contribution is 0.379. The van der Waals surface area contributed by atoms with Crippen molar-refractivity contribution in [3.63, 3.8) is 0 Å². The van der Waals surface area contributed by atoms with Crippen LogP contribution in [-0.4, -0.2) is 6.04 Å². The number of hydrogen-bond acceptors (Lipinski definition) is 1. The third-order valence-corrected chi connectivity index (χ3v) is 3.79. The van der Waals surface area contributed by atoms with Crippen molar-refractivity contribution < 1.29 is 0 Å². The molecule has 2 rings (SSSR count). The van der Waals surface area contributed by atoms with Gasteiger partial charge in [0.1, 0.15) is 0 Å². The molecule has 1 unspecified atom stereocenters. The van der Waals surface area contributed by atoms with E-state index in [1.807, 2.05) is 13.8 Å². The molecule has 1 atom stereocenters. The lowest BCUT2D eigenvalue weighted by atomic mass is 9.87. The molecule has 1 aromatic rings. The average Bonchev–Trinajstić information content (AvgIpc) is 2.47. The van der Waals surface area contributed by atoms with Gasteiger partial charge in [0.25, 0.3) is 0 Å². The van der Waals surface area contributed by atoms with Crippen LogP contribution in [0.15, 0.2) is 24.3 Å². The Labute approximate surface area is 113 Å². The van der Waals surface area contributed by atoms with Crippen LogP contribution in [0.25, 0.3) is 0 Å². The van der Waals surface area contributed by atoms with Gasteiger partial charge in [-0.3, -0.25) is 0 Å². The van der Waals surface area contributed by atoms with E-state index in [2.05, 4.69) is 43.4 Å². The molecule has 1 N–H and O–H groups in total. The van der Waals surface area contributed by atoms with Crippen LogP contribution in [0, 0.1) is 0 Å². The van der Waals surface area contributed by atoms with Gasteiger partial charge < -0.3 is 5.32 Å². The fraction of sp³-hybridized carbons (Fsp3) is 0.647. The Hall–Kier alpha value is -0.820. The molecule has 0 heterocycles. The van der Waals surface area contributed by atoms with Gasteiger partial charge in [-0.1, -0.05) is 52.0 Å². The first kappa shape index (κ1) is 15.2. The van der Waals surface area contributed by atoms with Crippen LogP contribution in [-0.2, 0) is 6.42 Å². The molecule has 102 valence electrons. The van der Waals surface area contributed by atoms with Gasteiger partial charge in [0, 0.05) is 12.1 Å². The van der Waals surface area contributed by atoms with Gasteiger partial charge in [-0.25, -0.2) is 0 Å². The monoisotopic (exact) mass is 247 g/mol. The zero-order valence-electron chi connectivity index (χ0n) is 12.5. The van der Waals surface area contributed by atoms with Crippen molar-refractivity contribution in [3.8, 4) is 0 Å². The highest BCUT2D eigenvalue weighted by Gasteiger charge is 2.20. The van der Waals surface area contributed by atoms with E-state index < -0.39 is 0 Å². The summed E-state index contributed by atoms with van der Waals surface area (Å²) in [4.78, 5) is 0. The average molecular weight is 247 g/mol. The van der Waals surface area contributed by atoms with Crippen LogP contribution in [0.3, 0.4) is 0 Å². The van der Waals surface area contributed by atoms with E-state index in [0.29, 0.717) is 12.1 Å². The predicted molar refractivity (Wildman–Crippen MR) is 81.0 cm³/mol. The molecule has 0 fully saturated rings. The molecule has 0 spiro atoms. The smallest absolute Gasteiger partial charge is 0.0325 e. The summed E-state index contributed by atoms with van der Waals surface area (Å²) in [5.74, 6) is 0. The van der Waals surface area contributed by atoms with Gasteiger partial charge in [-0.15, -0.1) is 0 Å². The highest BCUT2D eigenvalue weighted by Crippen LogP contribution is 2.30. The molecule has 18 heavy (non-hydrogen) atoms. The molecule has 1 nitrogen and oxygen atoms in total.